The van der Waals surface area contributed by atoms with Gasteiger partial charge in [0, 0.05) is 51.3 Å². The van der Waals surface area contributed by atoms with Gasteiger partial charge in [0.2, 0.25) is 5.91 Å². The number of piperidine rings is 1. The molecule has 0 atom stereocenters. The van der Waals surface area contributed by atoms with Crippen LogP contribution in [0.2, 0.25) is 5.02 Å². The highest BCUT2D eigenvalue weighted by Crippen LogP contribution is 2.47. The van der Waals surface area contributed by atoms with Crippen molar-refractivity contribution in [2.24, 2.45) is 5.41 Å². The van der Waals surface area contributed by atoms with Crippen LogP contribution in [0.25, 0.3) is 10.9 Å². The zero-order chi connectivity index (χ0) is 25.6. The molecule has 1 saturated heterocycles. The van der Waals surface area contributed by atoms with Crippen LogP contribution in [0.1, 0.15) is 41.7 Å². The van der Waals surface area contributed by atoms with Gasteiger partial charge in [0.15, 0.2) is 5.82 Å². The van der Waals surface area contributed by atoms with E-state index in [4.69, 9.17) is 11.6 Å². The molecule has 0 N–H and O–H groups in total. The van der Waals surface area contributed by atoms with E-state index in [0.717, 1.165) is 12.8 Å². The van der Waals surface area contributed by atoms with E-state index in [1.807, 2.05) is 0 Å². The molecular formula is C26H23ClF2N2O4S. The van der Waals surface area contributed by atoms with Gasteiger partial charge < -0.3 is 9.47 Å². The van der Waals surface area contributed by atoms with Gasteiger partial charge in [0.1, 0.15) is 12.3 Å². The number of halogens is 3. The summed E-state index contributed by atoms with van der Waals surface area (Å²) >= 11 is 7.38. The molecule has 5 rings (SSSR count). The number of hydrogen-bond acceptors (Lipinski definition) is 5. The number of nitrogens with zero attached hydrogens (tertiary/aromatic N) is 2. The van der Waals surface area contributed by atoms with E-state index in [-0.39, 0.29) is 39.8 Å². The molecule has 2 aliphatic rings. The average molecular weight is 533 g/mol. The van der Waals surface area contributed by atoms with E-state index in [9.17, 15) is 18.9 Å². The number of carbonyl (C=O) groups excluding carboxylic acids is 3. The largest absolute Gasteiger partial charge is 0.379 e. The summed E-state index contributed by atoms with van der Waals surface area (Å²) in [5, 5.41) is 0.531. The van der Waals surface area contributed by atoms with Gasteiger partial charge >= 0.3 is 5.97 Å². The molecule has 0 bridgehead atoms. The third-order valence-corrected chi connectivity index (χ3v) is 8.79. The van der Waals surface area contributed by atoms with Crippen molar-refractivity contribution in [1.82, 2.24) is 9.47 Å². The standard InChI is InChI=1S/C26H23ClF2N2O4S/c1-15-24(36-18-4-2-3-16(11-18)25(34)35-29)19-5-6-20(27)22(28)23(19)31(15)14-21(33)30-9-7-26(8-10-30)12-17(32)13-26/h2-6,11H,7-10,12-14H2,1H3. The van der Waals surface area contributed by atoms with Crippen molar-refractivity contribution in [2.75, 3.05) is 13.1 Å². The summed E-state index contributed by atoms with van der Waals surface area (Å²) < 4.78 is 29.3. The molecule has 2 fully saturated rings. The summed E-state index contributed by atoms with van der Waals surface area (Å²) in [5.74, 6) is -1.56. The molecule has 1 saturated carbocycles. The lowest BCUT2D eigenvalue weighted by Crippen LogP contribution is -2.49. The van der Waals surface area contributed by atoms with E-state index in [0.29, 0.717) is 46.8 Å². The Kier molecular flexibility index (Phi) is 6.55. The quantitative estimate of drug-likeness (QED) is 0.409. The minimum absolute atomic E-state index is 0.0457. The maximum absolute atomic E-state index is 15.3. The summed E-state index contributed by atoms with van der Waals surface area (Å²) in [6.45, 7) is 2.90. The summed E-state index contributed by atoms with van der Waals surface area (Å²) in [6, 6.07) is 9.44. The highest BCUT2D eigenvalue weighted by molar-refractivity contribution is 7.99. The van der Waals surface area contributed by atoms with Crippen molar-refractivity contribution < 1.29 is 28.2 Å². The first kappa shape index (κ1) is 24.8. The van der Waals surface area contributed by atoms with Crippen molar-refractivity contribution in [3.63, 3.8) is 0 Å². The molecule has 0 radical (unpaired) electrons. The van der Waals surface area contributed by atoms with E-state index >= 15 is 4.39 Å². The highest BCUT2D eigenvalue weighted by Gasteiger charge is 2.45. The van der Waals surface area contributed by atoms with Gasteiger partial charge in [-0.15, -0.1) is 0 Å². The fraction of sp³-hybridized carbons (Fsp3) is 0.346. The summed E-state index contributed by atoms with van der Waals surface area (Å²) in [5.41, 5.74) is 0.995. The second kappa shape index (κ2) is 9.52. The molecule has 1 spiro atoms. The monoisotopic (exact) mass is 532 g/mol. The van der Waals surface area contributed by atoms with E-state index < -0.39 is 11.8 Å². The second-order valence-electron chi connectivity index (χ2n) is 9.53. The number of fused-ring (bicyclic) bond motifs is 1. The van der Waals surface area contributed by atoms with Crippen LogP contribution in [0.3, 0.4) is 0 Å². The number of amides is 1. The number of aromatic nitrogens is 1. The average Bonchev–Trinajstić information content (AvgIpc) is 3.11. The fourth-order valence-electron chi connectivity index (χ4n) is 5.25. The Morgan fingerprint density at radius 3 is 2.56 bits per heavy atom. The first-order valence-corrected chi connectivity index (χ1v) is 12.8. The molecule has 1 amide bonds. The maximum Gasteiger partial charge on any atom is 0.379 e. The van der Waals surface area contributed by atoms with Crippen LogP contribution in [0.5, 0.6) is 0 Å². The first-order chi connectivity index (χ1) is 17.2. The Labute approximate surface area is 215 Å². The van der Waals surface area contributed by atoms with Crippen LogP contribution >= 0.6 is 23.4 Å². The lowest BCUT2D eigenvalue weighted by molar-refractivity contribution is -0.140. The first-order valence-electron chi connectivity index (χ1n) is 11.6. The highest BCUT2D eigenvalue weighted by atomic mass is 35.5. The van der Waals surface area contributed by atoms with Gasteiger partial charge in [0.05, 0.1) is 16.1 Å². The smallest absolute Gasteiger partial charge is 0.341 e. The lowest BCUT2D eigenvalue weighted by atomic mass is 9.62. The van der Waals surface area contributed by atoms with Crippen LogP contribution in [-0.4, -0.2) is 40.2 Å². The molecule has 6 nitrogen and oxygen atoms in total. The number of Topliss-reactive ketones (excluding diaryl/α,β-unsaturated/α-hetero) is 1. The van der Waals surface area contributed by atoms with Crippen LogP contribution in [0.15, 0.2) is 46.2 Å². The topological polar surface area (TPSA) is 68.6 Å². The number of likely N-dealkylation sites (tertiary alicyclic amines) is 1. The minimum atomic E-state index is -1.10. The molecule has 2 heterocycles. The molecule has 1 aliphatic carbocycles. The van der Waals surface area contributed by atoms with Crippen LogP contribution in [-0.2, 0) is 21.1 Å². The van der Waals surface area contributed by atoms with Crippen LogP contribution in [0, 0.1) is 18.2 Å². The van der Waals surface area contributed by atoms with Crippen LogP contribution < -0.4 is 0 Å². The molecule has 2 aromatic carbocycles. The summed E-state index contributed by atoms with van der Waals surface area (Å²) in [7, 11) is 0. The lowest BCUT2D eigenvalue weighted by Gasteiger charge is -2.46. The Balaban J connectivity index is 1.45. The predicted octanol–water partition coefficient (Wildman–Crippen LogP) is 5.91. The minimum Gasteiger partial charge on any atom is -0.341 e. The zero-order valence-corrected chi connectivity index (χ0v) is 21.1. The maximum atomic E-state index is 15.3. The number of carbonyl (C=O) groups is 3. The van der Waals surface area contributed by atoms with Gasteiger partial charge in [-0.05, 0) is 55.5 Å². The molecule has 3 aromatic rings. The van der Waals surface area contributed by atoms with Crippen molar-refractivity contribution in [2.45, 2.75) is 48.9 Å². The third kappa shape index (κ3) is 4.39. The van der Waals surface area contributed by atoms with Gasteiger partial charge in [0.25, 0.3) is 0 Å². The zero-order valence-electron chi connectivity index (χ0n) is 19.5. The number of hydrogen-bond donors (Lipinski definition) is 0. The normalized spacial score (nSPS) is 16.9. The van der Waals surface area contributed by atoms with Gasteiger partial charge in [-0.3, -0.25) is 9.59 Å². The van der Waals surface area contributed by atoms with Crippen molar-refractivity contribution in [3.05, 3.63) is 58.5 Å². The Morgan fingerprint density at radius 1 is 1.17 bits per heavy atom. The summed E-state index contributed by atoms with van der Waals surface area (Å²) in [6.07, 6.45) is 2.81. The molecule has 1 aromatic heterocycles. The molecule has 188 valence electrons. The Morgan fingerprint density at radius 2 is 1.89 bits per heavy atom. The second-order valence-corrected chi connectivity index (χ2v) is 11.0. The third-order valence-electron chi connectivity index (χ3n) is 7.29. The van der Waals surface area contributed by atoms with Gasteiger partial charge in [-0.25, -0.2) is 14.1 Å². The molecule has 0 unspecified atom stereocenters. The Bertz CT molecular complexity index is 1390. The van der Waals surface area contributed by atoms with Crippen molar-refractivity contribution in [1.29, 1.82) is 0 Å². The van der Waals surface area contributed by atoms with E-state index in [1.54, 1.807) is 34.6 Å². The molecule has 36 heavy (non-hydrogen) atoms. The SMILES string of the molecule is Cc1c(Sc2cccc(C(=O)OF)c2)c2ccc(Cl)c(F)c2n1CC(=O)N1CCC2(CC1)CC(=O)C2. The van der Waals surface area contributed by atoms with Gasteiger partial charge in [-0.1, -0.05) is 29.4 Å². The van der Waals surface area contributed by atoms with Gasteiger partial charge in [-0.2, -0.15) is 0 Å². The van der Waals surface area contributed by atoms with E-state index in [1.165, 1.54) is 30.0 Å². The van der Waals surface area contributed by atoms with Crippen molar-refractivity contribution >= 4 is 51.9 Å². The van der Waals surface area contributed by atoms with Crippen LogP contribution in [0.4, 0.5) is 8.92 Å². The molecular weight excluding hydrogens is 510 g/mol. The molecule has 1 aliphatic heterocycles. The number of benzene rings is 2. The summed E-state index contributed by atoms with van der Waals surface area (Å²) in [4.78, 5) is 42.8. The predicted molar refractivity (Wildman–Crippen MR) is 131 cm³/mol. The Hall–Kier alpha value is -2.91. The van der Waals surface area contributed by atoms with Crippen molar-refractivity contribution in [3.8, 4) is 0 Å². The van der Waals surface area contributed by atoms with E-state index in [2.05, 4.69) is 4.94 Å². The number of rotatable bonds is 5. The number of ketones is 1. The fourth-order valence-corrected chi connectivity index (χ4v) is 6.50. The molecule has 10 heteroatoms.